The zero-order valence-corrected chi connectivity index (χ0v) is 28.0. The van der Waals surface area contributed by atoms with Crippen LogP contribution >= 0.6 is 11.8 Å². The van der Waals surface area contributed by atoms with E-state index in [1.54, 1.807) is 47.1 Å². The van der Waals surface area contributed by atoms with Gasteiger partial charge in [0.15, 0.2) is 0 Å². The van der Waals surface area contributed by atoms with Crippen LogP contribution in [0.5, 0.6) is 0 Å². The van der Waals surface area contributed by atoms with Crippen LogP contribution < -0.4 is 5.32 Å². The molecule has 0 bridgehead atoms. The number of hydrogen-bond acceptors (Lipinski definition) is 6. The standard InChI is InChI=1S/C37H37FN6O3S/c1-37(2,3)47-36(46)43-18-14-32(15-19-43)44-20-13-31(41-44)25-48-33-11-8-29(23-28(33)7-4-26-5-9-30(38)10-6-26)35(45)40-24-27-12-17-42-21-16-39-34(42)22-27/h5-6,8-13,16-17,20-23,32H,14-15,18-19,24-25H2,1-3H3,(H,40,45). The second kappa shape index (κ2) is 14.4. The Hall–Kier alpha value is -5.08. The molecule has 0 atom stereocenters. The maximum absolute atomic E-state index is 13.5. The van der Waals surface area contributed by atoms with Crippen molar-refractivity contribution in [2.45, 2.75) is 62.4 Å². The zero-order chi connectivity index (χ0) is 33.7. The van der Waals surface area contributed by atoms with E-state index in [0.717, 1.165) is 34.6 Å². The van der Waals surface area contributed by atoms with Crippen molar-refractivity contribution in [1.82, 2.24) is 29.4 Å². The number of halogens is 1. The summed E-state index contributed by atoms with van der Waals surface area (Å²) in [6, 6.07) is 17.6. The number of imidazole rings is 1. The molecule has 2 amide bonds. The van der Waals surface area contributed by atoms with E-state index in [1.165, 1.54) is 12.1 Å². The van der Waals surface area contributed by atoms with Crippen molar-refractivity contribution in [1.29, 1.82) is 0 Å². The summed E-state index contributed by atoms with van der Waals surface area (Å²) in [5.41, 5.74) is 4.03. The van der Waals surface area contributed by atoms with Gasteiger partial charge in [0.05, 0.1) is 11.7 Å². The fourth-order valence-corrected chi connectivity index (χ4v) is 6.25. The first-order valence-electron chi connectivity index (χ1n) is 15.9. The third kappa shape index (κ3) is 8.44. The second-order valence-electron chi connectivity index (χ2n) is 12.7. The van der Waals surface area contributed by atoms with Gasteiger partial charge in [-0.2, -0.15) is 5.10 Å². The lowest BCUT2D eigenvalue weighted by Crippen LogP contribution is -2.42. The molecule has 48 heavy (non-hydrogen) atoms. The van der Waals surface area contributed by atoms with Gasteiger partial charge < -0.3 is 19.4 Å². The van der Waals surface area contributed by atoms with E-state index in [-0.39, 0.29) is 23.9 Å². The smallest absolute Gasteiger partial charge is 0.410 e. The van der Waals surface area contributed by atoms with Gasteiger partial charge in [-0.05, 0) is 99.8 Å². The molecule has 2 aromatic carbocycles. The molecule has 1 aliphatic rings. The highest BCUT2D eigenvalue weighted by molar-refractivity contribution is 7.98. The molecule has 0 saturated carbocycles. The quantitative estimate of drug-likeness (QED) is 0.151. The number of carbonyl (C=O) groups is 2. The first kappa shape index (κ1) is 32.8. The summed E-state index contributed by atoms with van der Waals surface area (Å²) in [6.07, 6.45) is 8.85. The summed E-state index contributed by atoms with van der Waals surface area (Å²) < 4.78 is 22.9. The number of thioether (sulfide) groups is 1. The summed E-state index contributed by atoms with van der Waals surface area (Å²) >= 11 is 1.59. The maximum atomic E-state index is 13.5. The minimum Gasteiger partial charge on any atom is -0.444 e. The van der Waals surface area contributed by atoms with Crippen LogP contribution in [0.1, 0.15) is 72.4 Å². The molecule has 0 radical (unpaired) electrons. The summed E-state index contributed by atoms with van der Waals surface area (Å²) in [5, 5.41) is 7.84. The van der Waals surface area contributed by atoms with E-state index in [4.69, 9.17) is 9.84 Å². The molecule has 4 heterocycles. The van der Waals surface area contributed by atoms with Gasteiger partial charge in [-0.1, -0.05) is 11.8 Å². The Morgan fingerprint density at radius 3 is 2.56 bits per heavy atom. The summed E-state index contributed by atoms with van der Waals surface area (Å²) in [7, 11) is 0. The number of piperidine rings is 1. The molecular formula is C37H37FN6O3S. The zero-order valence-electron chi connectivity index (χ0n) is 27.1. The topological polar surface area (TPSA) is 93.8 Å². The summed E-state index contributed by atoms with van der Waals surface area (Å²) in [4.78, 5) is 32.6. The average molecular weight is 665 g/mol. The minimum atomic E-state index is -0.515. The first-order chi connectivity index (χ1) is 23.1. The number of rotatable bonds is 7. The number of pyridine rings is 1. The van der Waals surface area contributed by atoms with Crippen molar-refractivity contribution in [2.75, 3.05) is 13.1 Å². The second-order valence-corrected chi connectivity index (χ2v) is 13.7. The Bertz CT molecular complexity index is 1980. The molecule has 1 fully saturated rings. The molecule has 1 aliphatic heterocycles. The number of fused-ring (bicyclic) bond motifs is 1. The van der Waals surface area contributed by atoms with Crippen LogP contribution in [-0.4, -0.2) is 54.8 Å². The van der Waals surface area contributed by atoms with E-state index in [2.05, 4.69) is 22.1 Å². The number of amides is 2. The Kier molecular flexibility index (Phi) is 9.82. The molecule has 6 rings (SSSR count). The van der Waals surface area contributed by atoms with Gasteiger partial charge in [0.25, 0.3) is 5.91 Å². The predicted molar refractivity (Wildman–Crippen MR) is 183 cm³/mol. The molecule has 1 N–H and O–H groups in total. The number of nitrogens with zero attached hydrogens (tertiary/aromatic N) is 5. The Labute approximate surface area is 283 Å². The minimum absolute atomic E-state index is 0.207. The highest BCUT2D eigenvalue weighted by Crippen LogP contribution is 2.28. The Morgan fingerprint density at radius 2 is 1.79 bits per heavy atom. The number of nitrogens with one attached hydrogen (secondary N) is 1. The third-order valence-corrected chi connectivity index (χ3v) is 8.98. The molecular weight excluding hydrogens is 628 g/mol. The molecule has 0 spiro atoms. The number of carbonyl (C=O) groups excluding carboxylic acids is 2. The highest BCUT2D eigenvalue weighted by atomic mass is 32.2. The largest absolute Gasteiger partial charge is 0.444 e. The van der Waals surface area contributed by atoms with Crippen LogP contribution in [0.2, 0.25) is 0 Å². The van der Waals surface area contributed by atoms with Crippen molar-refractivity contribution in [3.63, 3.8) is 0 Å². The molecule has 5 aromatic rings. The lowest BCUT2D eigenvalue weighted by Gasteiger charge is -2.33. The number of ether oxygens (including phenoxy) is 1. The van der Waals surface area contributed by atoms with Crippen molar-refractivity contribution in [2.24, 2.45) is 0 Å². The average Bonchev–Trinajstić information content (AvgIpc) is 3.75. The molecule has 0 unspecified atom stereocenters. The Morgan fingerprint density at radius 1 is 1.00 bits per heavy atom. The molecule has 9 nitrogen and oxygen atoms in total. The van der Waals surface area contributed by atoms with Crippen molar-refractivity contribution in [3.05, 3.63) is 119 Å². The third-order valence-electron chi connectivity index (χ3n) is 7.87. The van der Waals surface area contributed by atoms with Gasteiger partial charge in [0.2, 0.25) is 0 Å². The van der Waals surface area contributed by atoms with Crippen molar-refractivity contribution < 1.29 is 18.7 Å². The van der Waals surface area contributed by atoms with E-state index in [9.17, 15) is 14.0 Å². The van der Waals surface area contributed by atoms with Crippen molar-refractivity contribution >= 4 is 29.4 Å². The molecule has 3 aromatic heterocycles. The highest BCUT2D eigenvalue weighted by Gasteiger charge is 2.28. The number of likely N-dealkylation sites (tertiary alicyclic amines) is 1. The number of hydrogen-bond donors (Lipinski definition) is 1. The van der Waals surface area contributed by atoms with E-state index in [1.807, 2.05) is 72.7 Å². The summed E-state index contributed by atoms with van der Waals surface area (Å²) in [5.74, 6) is 6.38. The number of benzene rings is 2. The SMILES string of the molecule is CC(C)(C)OC(=O)N1CCC(n2ccc(CSc3ccc(C(=O)NCc4ccn5ccnc5c4)cc3C#Cc3ccc(F)cc3)n2)CC1. The lowest BCUT2D eigenvalue weighted by molar-refractivity contribution is 0.0184. The number of aromatic nitrogens is 4. The van der Waals surface area contributed by atoms with Crippen LogP contribution in [0.3, 0.4) is 0 Å². The van der Waals surface area contributed by atoms with Gasteiger partial charge in [-0.25, -0.2) is 14.2 Å². The van der Waals surface area contributed by atoms with Gasteiger partial charge in [0.1, 0.15) is 17.1 Å². The molecule has 0 aliphatic carbocycles. The first-order valence-corrected chi connectivity index (χ1v) is 16.8. The molecule has 11 heteroatoms. The van der Waals surface area contributed by atoms with Gasteiger partial charge >= 0.3 is 6.09 Å². The van der Waals surface area contributed by atoms with Crippen molar-refractivity contribution in [3.8, 4) is 11.8 Å². The predicted octanol–water partition coefficient (Wildman–Crippen LogP) is 6.86. The van der Waals surface area contributed by atoms with E-state index < -0.39 is 5.60 Å². The molecule has 246 valence electrons. The monoisotopic (exact) mass is 664 g/mol. The fraction of sp³-hybridized carbons (Fsp3) is 0.297. The van der Waals surface area contributed by atoms with E-state index >= 15 is 0 Å². The van der Waals surface area contributed by atoms with Crippen LogP contribution in [-0.2, 0) is 17.0 Å². The fourth-order valence-electron chi connectivity index (χ4n) is 5.36. The van der Waals surface area contributed by atoms with Gasteiger partial charge in [-0.15, -0.1) is 11.8 Å². The van der Waals surface area contributed by atoms with E-state index in [0.29, 0.717) is 42.1 Å². The van der Waals surface area contributed by atoms with Crippen LogP contribution in [0, 0.1) is 17.7 Å². The Balaban J connectivity index is 1.12. The van der Waals surface area contributed by atoms with Gasteiger partial charge in [0, 0.05) is 71.8 Å². The molecule has 1 saturated heterocycles. The van der Waals surface area contributed by atoms with Crippen LogP contribution in [0.4, 0.5) is 9.18 Å². The summed E-state index contributed by atoms with van der Waals surface area (Å²) in [6.45, 7) is 7.23. The lowest BCUT2D eigenvalue weighted by atomic mass is 10.1. The van der Waals surface area contributed by atoms with Crippen LogP contribution in [0.25, 0.3) is 5.65 Å². The van der Waals surface area contributed by atoms with Gasteiger partial charge in [-0.3, -0.25) is 9.48 Å². The van der Waals surface area contributed by atoms with Crippen LogP contribution in [0.15, 0.2) is 90.3 Å². The maximum Gasteiger partial charge on any atom is 0.410 e. The normalized spacial score (nSPS) is 13.6.